The number of fused-ring (bicyclic) bond motifs is 1. The molecule has 0 radical (unpaired) electrons. The van der Waals surface area contributed by atoms with Crippen LogP contribution in [-0.4, -0.2) is 21.3 Å². The number of rotatable bonds is 5. The summed E-state index contributed by atoms with van der Waals surface area (Å²) in [5.41, 5.74) is 1.38. The Morgan fingerprint density at radius 3 is 3.16 bits per heavy atom. The zero-order valence-corrected chi connectivity index (χ0v) is 12.3. The van der Waals surface area contributed by atoms with Gasteiger partial charge in [-0.15, -0.1) is 21.5 Å². The van der Waals surface area contributed by atoms with E-state index in [4.69, 9.17) is 0 Å². The van der Waals surface area contributed by atoms with Crippen molar-refractivity contribution in [1.29, 1.82) is 0 Å². The number of thiophene rings is 1. The predicted octanol–water partition coefficient (Wildman–Crippen LogP) is 2.49. The zero-order chi connectivity index (χ0) is 13.2. The van der Waals surface area contributed by atoms with Crippen molar-refractivity contribution in [3.63, 3.8) is 0 Å². The SMILES string of the molecule is Cc1ccsc1[C@@H](C)NCCc1nnc2n1CCC2. The molecular weight excluding hydrogens is 256 g/mol. The lowest BCUT2D eigenvalue weighted by Gasteiger charge is -2.13. The maximum Gasteiger partial charge on any atom is 0.134 e. The molecule has 1 N–H and O–H groups in total. The van der Waals surface area contributed by atoms with Gasteiger partial charge >= 0.3 is 0 Å². The second-order valence-electron chi connectivity index (χ2n) is 5.18. The first-order valence-electron chi connectivity index (χ1n) is 6.94. The molecule has 2 aromatic heterocycles. The first-order valence-corrected chi connectivity index (χ1v) is 7.82. The molecular formula is C14H20N4S. The highest BCUT2D eigenvalue weighted by Crippen LogP contribution is 2.23. The average molecular weight is 276 g/mol. The van der Waals surface area contributed by atoms with Crippen LogP contribution in [0.5, 0.6) is 0 Å². The zero-order valence-electron chi connectivity index (χ0n) is 11.5. The van der Waals surface area contributed by atoms with E-state index in [-0.39, 0.29) is 0 Å². The predicted molar refractivity (Wildman–Crippen MR) is 77.5 cm³/mol. The number of nitrogens with one attached hydrogen (secondary N) is 1. The molecule has 0 bridgehead atoms. The van der Waals surface area contributed by atoms with Gasteiger partial charge in [0.2, 0.25) is 0 Å². The summed E-state index contributed by atoms with van der Waals surface area (Å²) in [7, 11) is 0. The van der Waals surface area contributed by atoms with Crippen LogP contribution in [0.25, 0.3) is 0 Å². The van der Waals surface area contributed by atoms with Crippen LogP contribution < -0.4 is 5.32 Å². The van der Waals surface area contributed by atoms with Crippen molar-refractivity contribution >= 4 is 11.3 Å². The monoisotopic (exact) mass is 276 g/mol. The van der Waals surface area contributed by atoms with Crippen LogP contribution in [0.15, 0.2) is 11.4 Å². The van der Waals surface area contributed by atoms with Crippen LogP contribution in [0.4, 0.5) is 0 Å². The van der Waals surface area contributed by atoms with Gasteiger partial charge in [-0.2, -0.15) is 0 Å². The van der Waals surface area contributed by atoms with Gasteiger partial charge in [-0.05, 0) is 37.3 Å². The Morgan fingerprint density at radius 1 is 1.47 bits per heavy atom. The maximum absolute atomic E-state index is 4.29. The summed E-state index contributed by atoms with van der Waals surface area (Å²) in [6.07, 6.45) is 3.27. The number of aromatic nitrogens is 3. The van der Waals surface area contributed by atoms with Crippen LogP contribution in [0, 0.1) is 6.92 Å². The summed E-state index contributed by atoms with van der Waals surface area (Å²) in [5.74, 6) is 2.30. The molecule has 0 aliphatic carbocycles. The second kappa shape index (κ2) is 5.43. The molecule has 1 aliphatic heterocycles. The molecule has 0 saturated carbocycles. The molecule has 1 aliphatic rings. The lowest BCUT2D eigenvalue weighted by molar-refractivity contribution is 0.563. The average Bonchev–Trinajstić information content (AvgIpc) is 3.06. The van der Waals surface area contributed by atoms with Gasteiger partial charge in [0.05, 0.1) is 0 Å². The van der Waals surface area contributed by atoms with Crippen molar-refractivity contribution in [2.45, 2.75) is 45.7 Å². The number of aryl methyl sites for hydroxylation is 2. The van der Waals surface area contributed by atoms with Crippen molar-refractivity contribution in [3.8, 4) is 0 Å². The topological polar surface area (TPSA) is 42.7 Å². The molecule has 5 heteroatoms. The highest BCUT2D eigenvalue weighted by molar-refractivity contribution is 7.10. The van der Waals surface area contributed by atoms with Crippen molar-refractivity contribution < 1.29 is 0 Å². The molecule has 4 nitrogen and oxygen atoms in total. The van der Waals surface area contributed by atoms with Crippen molar-refractivity contribution in [2.75, 3.05) is 6.54 Å². The third-order valence-electron chi connectivity index (χ3n) is 3.78. The largest absolute Gasteiger partial charge is 0.315 e. The Hall–Kier alpha value is -1.20. The van der Waals surface area contributed by atoms with E-state index in [1.807, 2.05) is 11.3 Å². The van der Waals surface area contributed by atoms with E-state index in [1.54, 1.807) is 0 Å². The molecule has 0 fully saturated rings. The van der Waals surface area contributed by atoms with Crippen LogP contribution in [0.1, 0.15) is 41.5 Å². The number of hydrogen-bond donors (Lipinski definition) is 1. The van der Waals surface area contributed by atoms with Gasteiger partial charge in [0, 0.05) is 36.9 Å². The summed E-state index contributed by atoms with van der Waals surface area (Å²) in [6.45, 7) is 6.45. The van der Waals surface area contributed by atoms with Gasteiger partial charge < -0.3 is 9.88 Å². The minimum Gasteiger partial charge on any atom is -0.315 e. The fourth-order valence-corrected chi connectivity index (χ4v) is 3.68. The summed E-state index contributed by atoms with van der Waals surface area (Å²) in [6, 6.07) is 2.60. The minimum absolute atomic E-state index is 0.418. The summed E-state index contributed by atoms with van der Waals surface area (Å²) in [5, 5.41) is 14.3. The van der Waals surface area contributed by atoms with Crippen LogP contribution >= 0.6 is 11.3 Å². The smallest absolute Gasteiger partial charge is 0.134 e. The third-order valence-corrected chi connectivity index (χ3v) is 4.98. The number of hydrogen-bond acceptors (Lipinski definition) is 4. The van der Waals surface area contributed by atoms with Crippen molar-refractivity contribution in [3.05, 3.63) is 33.5 Å². The van der Waals surface area contributed by atoms with Crippen molar-refractivity contribution in [2.24, 2.45) is 0 Å². The van der Waals surface area contributed by atoms with E-state index in [9.17, 15) is 0 Å². The second-order valence-corrected chi connectivity index (χ2v) is 6.13. The molecule has 2 aromatic rings. The van der Waals surface area contributed by atoms with Gasteiger partial charge in [-0.25, -0.2) is 0 Å². The van der Waals surface area contributed by atoms with E-state index >= 15 is 0 Å². The number of nitrogens with zero attached hydrogens (tertiary/aromatic N) is 3. The minimum atomic E-state index is 0.418. The summed E-state index contributed by atoms with van der Waals surface area (Å²) >= 11 is 1.83. The highest BCUT2D eigenvalue weighted by atomic mass is 32.1. The van der Waals surface area contributed by atoms with Gasteiger partial charge in [0.1, 0.15) is 11.6 Å². The Kier molecular flexibility index (Phi) is 3.66. The molecule has 0 aromatic carbocycles. The Labute approximate surface area is 117 Å². The lowest BCUT2D eigenvalue weighted by Crippen LogP contribution is -2.22. The molecule has 0 saturated heterocycles. The Bertz CT molecular complexity index is 558. The van der Waals surface area contributed by atoms with Crippen LogP contribution in [0.3, 0.4) is 0 Å². The van der Waals surface area contributed by atoms with E-state index in [0.29, 0.717) is 6.04 Å². The first-order chi connectivity index (χ1) is 9.25. The Balaban J connectivity index is 1.54. The summed E-state index contributed by atoms with van der Waals surface area (Å²) in [4.78, 5) is 1.44. The fourth-order valence-electron chi connectivity index (χ4n) is 2.72. The first kappa shape index (κ1) is 12.8. The van der Waals surface area contributed by atoms with Gasteiger partial charge in [0.15, 0.2) is 0 Å². The van der Waals surface area contributed by atoms with E-state index in [0.717, 1.165) is 37.6 Å². The van der Waals surface area contributed by atoms with Gasteiger partial charge in [-0.1, -0.05) is 0 Å². The molecule has 0 spiro atoms. The fraction of sp³-hybridized carbons (Fsp3) is 0.571. The van der Waals surface area contributed by atoms with E-state index in [1.165, 1.54) is 16.9 Å². The molecule has 3 rings (SSSR count). The highest BCUT2D eigenvalue weighted by Gasteiger charge is 2.17. The van der Waals surface area contributed by atoms with Crippen LogP contribution in [0.2, 0.25) is 0 Å². The summed E-state index contributed by atoms with van der Waals surface area (Å²) < 4.78 is 2.28. The normalized spacial score (nSPS) is 15.7. The van der Waals surface area contributed by atoms with Crippen LogP contribution in [-0.2, 0) is 19.4 Å². The van der Waals surface area contributed by atoms with E-state index in [2.05, 4.69) is 45.4 Å². The van der Waals surface area contributed by atoms with Gasteiger partial charge in [-0.3, -0.25) is 0 Å². The van der Waals surface area contributed by atoms with Crippen molar-refractivity contribution in [1.82, 2.24) is 20.1 Å². The molecule has 0 unspecified atom stereocenters. The molecule has 3 heterocycles. The third kappa shape index (κ3) is 2.58. The maximum atomic E-state index is 4.29. The standard InChI is InChI=1S/C14H20N4S/c1-10-6-9-19-14(10)11(2)15-7-5-13-17-16-12-4-3-8-18(12)13/h6,9,11,15H,3-5,7-8H2,1-2H3/t11-/m1/s1. The molecule has 0 amide bonds. The molecule has 1 atom stereocenters. The molecule has 102 valence electrons. The Morgan fingerprint density at radius 2 is 2.37 bits per heavy atom. The lowest BCUT2D eigenvalue weighted by atomic mass is 10.2. The van der Waals surface area contributed by atoms with E-state index < -0.39 is 0 Å². The van der Waals surface area contributed by atoms with Gasteiger partial charge in [0.25, 0.3) is 0 Å². The quantitative estimate of drug-likeness (QED) is 0.912. The molecule has 19 heavy (non-hydrogen) atoms.